The molecular weight excluding hydrogens is 591 g/mol. The van der Waals surface area contributed by atoms with Crippen LogP contribution in [0, 0.1) is 17.5 Å². The van der Waals surface area contributed by atoms with Crippen LogP contribution in [0.15, 0.2) is 70.3 Å². The number of benzene rings is 3. The minimum absolute atomic E-state index is 0.0632. The molecule has 5 rings (SSSR count). The summed E-state index contributed by atoms with van der Waals surface area (Å²) in [4.78, 5) is 42.0. The first-order valence-electron chi connectivity index (χ1n) is 13.9. The number of amides is 2. The summed E-state index contributed by atoms with van der Waals surface area (Å²) < 4.78 is 53.3. The first-order chi connectivity index (χ1) is 21.5. The van der Waals surface area contributed by atoms with E-state index < -0.39 is 52.5 Å². The number of fused-ring (bicyclic) bond motifs is 1. The first-order valence-corrected chi connectivity index (χ1v) is 13.9. The lowest BCUT2D eigenvalue weighted by Gasteiger charge is -2.15. The molecule has 0 saturated carbocycles. The summed E-state index contributed by atoms with van der Waals surface area (Å²) in [6, 6.07) is 13.4. The van der Waals surface area contributed by atoms with Crippen molar-refractivity contribution in [1.29, 1.82) is 0 Å². The Morgan fingerprint density at radius 3 is 2.27 bits per heavy atom. The smallest absolute Gasteiger partial charge is 0.337 e. The third-order valence-electron chi connectivity index (χ3n) is 7.01. The molecule has 0 radical (unpaired) electrons. The van der Waals surface area contributed by atoms with E-state index in [4.69, 9.17) is 4.74 Å². The van der Waals surface area contributed by atoms with Gasteiger partial charge >= 0.3 is 11.7 Å². The number of aromatic nitrogens is 4. The summed E-state index contributed by atoms with van der Waals surface area (Å²) >= 11 is 0. The summed E-state index contributed by atoms with van der Waals surface area (Å²) in [5, 5.41) is 9.87. The Hall–Kier alpha value is -5.37. The van der Waals surface area contributed by atoms with Gasteiger partial charge in [0, 0.05) is 24.3 Å². The molecule has 3 aromatic carbocycles. The molecule has 14 heteroatoms. The van der Waals surface area contributed by atoms with Gasteiger partial charge in [-0.15, -0.1) is 5.10 Å². The molecule has 2 amide bonds. The molecule has 0 aliphatic heterocycles. The Kier molecular flexibility index (Phi) is 8.77. The lowest BCUT2D eigenvalue weighted by atomic mass is 10.2. The maximum Gasteiger partial charge on any atom is 0.337 e. The summed E-state index contributed by atoms with van der Waals surface area (Å²) in [6.45, 7) is 1.71. The maximum atomic E-state index is 15.5. The Labute approximate surface area is 255 Å². The lowest BCUT2D eigenvalue weighted by molar-refractivity contribution is 0.252. The van der Waals surface area contributed by atoms with Crippen molar-refractivity contribution in [3.05, 3.63) is 110 Å². The molecule has 5 aromatic rings. The van der Waals surface area contributed by atoms with E-state index in [0.717, 1.165) is 16.7 Å². The number of anilines is 1. The van der Waals surface area contributed by atoms with Crippen LogP contribution in [0.2, 0.25) is 0 Å². The van der Waals surface area contributed by atoms with Crippen molar-refractivity contribution in [2.75, 3.05) is 33.1 Å². The fourth-order valence-electron chi connectivity index (χ4n) is 4.96. The Bertz CT molecular complexity index is 2000. The number of halogens is 3. The zero-order valence-electron chi connectivity index (χ0n) is 24.9. The SMILES string of the molecule is CCNC(=O)Nc1ccc(-n2nc3c(c2CN(C)C)c(=O)n(-c2cccc(OC)c2F)c(=O)n3Cc2c(F)cccc2F)cc1. The molecule has 2 heterocycles. The molecule has 0 spiro atoms. The molecular formula is C31H30F3N7O4. The zero-order chi connectivity index (χ0) is 32.4. The number of carbonyl (C=O) groups excluding carboxylic acids is 1. The van der Waals surface area contributed by atoms with Crippen molar-refractivity contribution < 1.29 is 22.7 Å². The van der Waals surface area contributed by atoms with Crippen LogP contribution in [-0.4, -0.2) is 57.6 Å². The Morgan fingerprint density at radius 2 is 1.64 bits per heavy atom. The van der Waals surface area contributed by atoms with Crippen LogP contribution in [0.1, 0.15) is 18.2 Å². The standard InChI is InChI=1S/C31H30F3N7O4/c1-5-35-30(43)36-18-12-14-19(15-13-18)41-24(17-38(2)3)26-28(37-41)39(16-20-21(32)8-6-9-22(20)33)31(44)40(29(26)42)23-10-7-11-25(45-4)27(23)34/h6-15H,5,16-17H2,1-4H3,(H2,35,36,43). The van der Waals surface area contributed by atoms with Crippen LogP contribution in [0.4, 0.5) is 23.7 Å². The third-order valence-corrected chi connectivity index (χ3v) is 7.01. The van der Waals surface area contributed by atoms with Crippen molar-refractivity contribution in [1.82, 2.24) is 29.1 Å². The molecule has 0 bridgehead atoms. The lowest BCUT2D eigenvalue weighted by Crippen LogP contribution is -2.40. The maximum absolute atomic E-state index is 15.5. The molecule has 0 aliphatic carbocycles. The average molecular weight is 622 g/mol. The van der Waals surface area contributed by atoms with E-state index in [2.05, 4.69) is 15.7 Å². The summed E-state index contributed by atoms with van der Waals surface area (Å²) in [7, 11) is 4.75. The number of ether oxygens (including phenoxy) is 1. The number of methoxy groups -OCH3 is 1. The second kappa shape index (κ2) is 12.7. The minimum Gasteiger partial charge on any atom is -0.494 e. The topological polar surface area (TPSA) is 115 Å². The summed E-state index contributed by atoms with van der Waals surface area (Å²) in [5.74, 6) is -3.01. The molecule has 0 unspecified atom stereocenters. The van der Waals surface area contributed by atoms with Crippen LogP contribution in [0.3, 0.4) is 0 Å². The van der Waals surface area contributed by atoms with Crippen LogP contribution in [-0.2, 0) is 13.1 Å². The largest absolute Gasteiger partial charge is 0.494 e. The number of nitrogens with zero attached hydrogens (tertiary/aromatic N) is 5. The van der Waals surface area contributed by atoms with E-state index in [0.29, 0.717) is 28.2 Å². The molecule has 0 atom stereocenters. The van der Waals surface area contributed by atoms with Gasteiger partial charge in [-0.3, -0.25) is 9.36 Å². The molecule has 2 aromatic heterocycles. The van der Waals surface area contributed by atoms with Crippen molar-refractivity contribution in [2.24, 2.45) is 0 Å². The molecule has 11 nitrogen and oxygen atoms in total. The van der Waals surface area contributed by atoms with E-state index in [-0.39, 0.29) is 23.3 Å². The second-order valence-corrected chi connectivity index (χ2v) is 10.3. The zero-order valence-corrected chi connectivity index (χ0v) is 24.9. The number of rotatable bonds is 9. The number of hydrogen-bond donors (Lipinski definition) is 2. The van der Waals surface area contributed by atoms with Gasteiger partial charge in [-0.05, 0) is 69.6 Å². The van der Waals surface area contributed by atoms with E-state index in [1.165, 1.54) is 36.1 Å². The van der Waals surface area contributed by atoms with Crippen LogP contribution in [0.5, 0.6) is 5.75 Å². The highest BCUT2D eigenvalue weighted by Gasteiger charge is 2.27. The number of carbonyl (C=O) groups is 1. The van der Waals surface area contributed by atoms with Crippen LogP contribution >= 0.6 is 0 Å². The molecule has 0 fully saturated rings. The second-order valence-electron chi connectivity index (χ2n) is 10.3. The molecule has 234 valence electrons. The molecule has 0 saturated heterocycles. The van der Waals surface area contributed by atoms with E-state index in [9.17, 15) is 23.2 Å². The summed E-state index contributed by atoms with van der Waals surface area (Å²) in [6.07, 6.45) is 0. The summed E-state index contributed by atoms with van der Waals surface area (Å²) in [5.41, 5.74) is -1.69. The van der Waals surface area contributed by atoms with Gasteiger partial charge in [0.25, 0.3) is 5.56 Å². The Balaban J connectivity index is 1.83. The number of hydrogen-bond acceptors (Lipinski definition) is 6. The van der Waals surface area contributed by atoms with Gasteiger partial charge in [0.05, 0.1) is 30.7 Å². The van der Waals surface area contributed by atoms with Gasteiger partial charge in [-0.2, -0.15) is 0 Å². The molecule has 45 heavy (non-hydrogen) atoms. The highest BCUT2D eigenvalue weighted by molar-refractivity contribution is 5.89. The van der Waals surface area contributed by atoms with Gasteiger partial charge in [-0.1, -0.05) is 12.1 Å². The van der Waals surface area contributed by atoms with Gasteiger partial charge < -0.3 is 20.3 Å². The predicted molar refractivity (Wildman–Crippen MR) is 163 cm³/mol. The monoisotopic (exact) mass is 621 g/mol. The van der Waals surface area contributed by atoms with Crippen molar-refractivity contribution in [3.63, 3.8) is 0 Å². The predicted octanol–water partition coefficient (Wildman–Crippen LogP) is 4.02. The van der Waals surface area contributed by atoms with E-state index in [1.807, 2.05) is 0 Å². The number of nitrogens with one attached hydrogen (secondary N) is 2. The van der Waals surface area contributed by atoms with Crippen LogP contribution < -0.4 is 26.6 Å². The quantitative estimate of drug-likeness (QED) is 0.257. The van der Waals surface area contributed by atoms with Gasteiger partial charge in [0.1, 0.15) is 17.0 Å². The molecule has 0 aliphatic rings. The first kappa shape index (κ1) is 31.1. The van der Waals surface area contributed by atoms with E-state index in [1.54, 1.807) is 50.2 Å². The Morgan fingerprint density at radius 1 is 0.978 bits per heavy atom. The number of urea groups is 1. The highest BCUT2D eigenvalue weighted by atomic mass is 19.1. The van der Waals surface area contributed by atoms with Gasteiger partial charge in [0.15, 0.2) is 17.2 Å². The normalized spacial score (nSPS) is 11.3. The van der Waals surface area contributed by atoms with E-state index >= 15 is 4.39 Å². The minimum atomic E-state index is -1.06. The van der Waals surface area contributed by atoms with Crippen molar-refractivity contribution in [3.8, 4) is 17.1 Å². The molecule has 2 N–H and O–H groups in total. The highest BCUT2D eigenvalue weighted by Crippen LogP contribution is 2.25. The fraction of sp³-hybridized carbons (Fsp3) is 0.226. The third kappa shape index (κ3) is 5.91. The van der Waals surface area contributed by atoms with Gasteiger partial charge in [-0.25, -0.2) is 32.0 Å². The van der Waals surface area contributed by atoms with Crippen molar-refractivity contribution >= 4 is 22.8 Å². The van der Waals surface area contributed by atoms with Crippen LogP contribution in [0.25, 0.3) is 22.4 Å². The van der Waals surface area contributed by atoms with Gasteiger partial charge in [0.2, 0.25) is 0 Å². The van der Waals surface area contributed by atoms with Crippen molar-refractivity contribution in [2.45, 2.75) is 20.0 Å². The fourth-order valence-corrected chi connectivity index (χ4v) is 4.96. The average Bonchev–Trinajstić information content (AvgIpc) is 3.36.